The molecule has 0 bridgehead atoms. The summed E-state index contributed by atoms with van der Waals surface area (Å²) in [6.07, 6.45) is 6.51. The lowest BCUT2D eigenvalue weighted by molar-refractivity contribution is 0.376. The fraction of sp³-hybridized carbons (Fsp3) is 0.562. The third-order valence-corrected chi connectivity index (χ3v) is 5.28. The molecule has 1 saturated carbocycles. The Bertz CT molecular complexity index is 517. The molecule has 4 heteroatoms. The number of halogens is 1. The molecular formula is C16H20BrN3. The Labute approximate surface area is 128 Å². The Morgan fingerprint density at radius 1 is 1.25 bits per heavy atom. The first-order chi connectivity index (χ1) is 9.78. The van der Waals surface area contributed by atoms with Crippen molar-refractivity contribution >= 4 is 21.6 Å². The normalized spacial score (nSPS) is 29.3. The number of benzene rings is 1. The molecule has 1 saturated heterocycles. The van der Waals surface area contributed by atoms with E-state index in [1.807, 2.05) is 18.2 Å². The highest BCUT2D eigenvalue weighted by atomic mass is 79.9. The summed E-state index contributed by atoms with van der Waals surface area (Å²) in [5.74, 6) is 0.736. The van der Waals surface area contributed by atoms with E-state index in [2.05, 4.69) is 32.6 Å². The molecular weight excluding hydrogens is 314 g/mol. The molecule has 0 radical (unpaired) electrons. The van der Waals surface area contributed by atoms with Crippen LogP contribution in [0.2, 0.25) is 0 Å². The van der Waals surface area contributed by atoms with Gasteiger partial charge in [0.25, 0.3) is 0 Å². The third-order valence-electron chi connectivity index (χ3n) is 4.62. The van der Waals surface area contributed by atoms with Gasteiger partial charge in [-0.1, -0.05) is 6.42 Å². The molecule has 3 unspecified atom stereocenters. The first kappa shape index (κ1) is 13.9. The monoisotopic (exact) mass is 333 g/mol. The number of hydrogen-bond acceptors (Lipinski definition) is 3. The van der Waals surface area contributed by atoms with Gasteiger partial charge in [-0.3, -0.25) is 0 Å². The molecule has 1 aliphatic carbocycles. The molecule has 0 aromatic heterocycles. The van der Waals surface area contributed by atoms with Crippen molar-refractivity contribution in [1.29, 1.82) is 5.26 Å². The first-order valence-electron chi connectivity index (χ1n) is 7.47. The highest BCUT2D eigenvalue weighted by Gasteiger charge is 2.35. The molecule has 0 spiro atoms. The van der Waals surface area contributed by atoms with Crippen LogP contribution in [0.15, 0.2) is 22.7 Å². The lowest BCUT2D eigenvalue weighted by atomic mass is 9.93. The van der Waals surface area contributed by atoms with Crippen LogP contribution in [0, 0.1) is 17.2 Å². The van der Waals surface area contributed by atoms with Crippen LogP contribution in [-0.2, 0) is 0 Å². The minimum absolute atomic E-state index is 0.551. The molecule has 20 heavy (non-hydrogen) atoms. The number of anilines is 1. The van der Waals surface area contributed by atoms with Crippen molar-refractivity contribution in [1.82, 2.24) is 5.32 Å². The Morgan fingerprint density at radius 3 is 2.85 bits per heavy atom. The molecule has 3 atom stereocenters. The molecule has 106 valence electrons. The van der Waals surface area contributed by atoms with Crippen molar-refractivity contribution in [3.63, 3.8) is 0 Å². The van der Waals surface area contributed by atoms with E-state index in [9.17, 15) is 0 Å². The average molecular weight is 334 g/mol. The van der Waals surface area contributed by atoms with Gasteiger partial charge in [0.2, 0.25) is 0 Å². The standard InChI is InChI=1S/C16H20BrN3/c17-13-9-11(10-18)6-7-16(13)20-15-4-1-3-12(15)14-5-2-8-19-14/h6-7,9,12,14-15,19-20H,1-5,8H2. The predicted octanol–water partition coefficient (Wildman–Crippen LogP) is 3.65. The van der Waals surface area contributed by atoms with E-state index in [4.69, 9.17) is 5.26 Å². The van der Waals surface area contributed by atoms with Crippen LogP contribution in [0.5, 0.6) is 0 Å². The smallest absolute Gasteiger partial charge is 0.0992 e. The van der Waals surface area contributed by atoms with Crippen LogP contribution in [-0.4, -0.2) is 18.6 Å². The summed E-state index contributed by atoms with van der Waals surface area (Å²) in [5, 5.41) is 16.3. The molecule has 2 N–H and O–H groups in total. The maximum absolute atomic E-state index is 8.92. The molecule has 3 rings (SSSR count). The Kier molecular flexibility index (Phi) is 4.28. The SMILES string of the molecule is N#Cc1ccc(NC2CCCC2C2CCCN2)c(Br)c1. The summed E-state index contributed by atoms with van der Waals surface area (Å²) in [6.45, 7) is 1.18. The molecule has 1 aromatic rings. The van der Waals surface area contributed by atoms with E-state index in [-0.39, 0.29) is 0 Å². The topological polar surface area (TPSA) is 47.9 Å². The van der Waals surface area contributed by atoms with Crippen molar-refractivity contribution in [2.75, 3.05) is 11.9 Å². The largest absolute Gasteiger partial charge is 0.381 e. The van der Waals surface area contributed by atoms with E-state index in [0.717, 1.165) is 16.1 Å². The maximum atomic E-state index is 8.92. The zero-order chi connectivity index (χ0) is 13.9. The molecule has 1 aliphatic heterocycles. The second kappa shape index (κ2) is 6.15. The molecule has 2 aliphatic rings. The predicted molar refractivity (Wildman–Crippen MR) is 84.6 cm³/mol. The number of nitriles is 1. The van der Waals surface area contributed by atoms with Gasteiger partial charge in [0.05, 0.1) is 11.6 Å². The Balaban J connectivity index is 1.71. The van der Waals surface area contributed by atoms with Gasteiger partial charge in [-0.25, -0.2) is 0 Å². The molecule has 2 fully saturated rings. The number of nitrogens with zero attached hydrogens (tertiary/aromatic N) is 1. The summed E-state index contributed by atoms with van der Waals surface area (Å²) >= 11 is 3.57. The van der Waals surface area contributed by atoms with Crippen LogP contribution in [0.3, 0.4) is 0 Å². The summed E-state index contributed by atoms with van der Waals surface area (Å²) in [6, 6.07) is 9.20. The van der Waals surface area contributed by atoms with Gasteiger partial charge in [0.15, 0.2) is 0 Å². The fourth-order valence-corrected chi connectivity index (χ4v) is 4.12. The molecule has 1 aromatic carbocycles. The Hall–Kier alpha value is -1.05. The Morgan fingerprint density at radius 2 is 2.15 bits per heavy atom. The summed E-state index contributed by atoms with van der Waals surface area (Å²) in [5.41, 5.74) is 1.81. The minimum Gasteiger partial charge on any atom is -0.381 e. The van der Waals surface area contributed by atoms with E-state index in [1.165, 1.54) is 38.6 Å². The zero-order valence-corrected chi connectivity index (χ0v) is 13.1. The summed E-state index contributed by atoms with van der Waals surface area (Å²) < 4.78 is 0.988. The van der Waals surface area contributed by atoms with Gasteiger partial charge in [0.1, 0.15) is 0 Å². The molecule has 1 heterocycles. The molecule has 0 amide bonds. The first-order valence-corrected chi connectivity index (χ1v) is 8.27. The van der Waals surface area contributed by atoms with E-state index >= 15 is 0 Å². The lowest BCUT2D eigenvalue weighted by Gasteiger charge is -2.27. The van der Waals surface area contributed by atoms with Crippen molar-refractivity contribution in [3.8, 4) is 6.07 Å². The lowest BCUT2D eigenvalue weighted by Crippen LogP contribution is -2.38. The number of nitrogens with one attached hydrogen (secondary N) is 2. The van der Waals surface area contributed by atoms with Crippen molar-refractivity contribution < 1.29 is 0 Å². The fourth-order valence-electron chi connectivity index (χ4n) is 3.63. The van der Waals surface area contributed by atoms with Crippen LogP contribution in [0.1, 0.15) is 37.7 Å². The van der Waals surface area contributed by atoms with Crippen LogP contribution < -0.4 is 10.6 Å². The quantitative estimate of drug-likeness (QED) is 0.887. The highest BCUT2D eigenvalue weighted by Crippen LogP contribution is 2.35. The van der Waals surface area contributed by atoms with Crippen LogP contribution >= 0.6 is 15.9 Å². The van der Waals surface area contributed by atoms with Gasteiger partial charge in [-0.05, 0) is 72.3 Å². The van der Waals surface area contributed by atoms with E-state index in [0.29, 0.717) is 17.6 Å². The van der Waals surface area contributed by atoms with Crippen molar-refractivity contribution in [3.05, 3.63) is 28.2 Å². The third kappa shape index (κ3) is 2.84. The summed E-state index contributed by atoms with van der Waals surface area (Å²) in [4.78, 5) is 0. The molecule has 3 nitrogen and oxygen atoms in total. The van der Waals surface area contributed by atoms with Crippen LogP contribution in [0.25, 0.3) is 0 Å². The van der Waals surface area contributed by atoms with Crippen molar-refractivity contribution in [2.24, 2.45) is 5.92 Å². The van der Waals surface area contributed by atoms with E-state index in [1.54, 1.807) is 0 Å². The highest BCUT2D eigenvalue weighted by molar-refractivity contribution is 9.10. The second-order valence-electron chi connectivity index (χ2n) is 5.85. The summed E-state index contributed by atoms with van der Waals surface area (Å²) in [7, 11) is 0. The number of hydrogen-bond donors (Lipinski definition) is 2. The second-order valence-corrected chi connectivity index (χ2v) is 6.71. The minimum atomic E-state index is 0.551. The van der Waals surface area contributed by atoms with Gasteiger partial charge < -0.3 is 10.6 Å². The van der Waals surface area contributed by atoms with E-state index < -0.39 is 0 Å². The van der Waals surface area contributed by atoms with Gasteiger partial charge >= 0.3 is 0 Å². The van der Waals surface area contributed by atoms with Gasteiger partial charge in [0, 0.05) is 22.2 Å². The zero-order valence-electron chi connectivity index (χ0n) is 11.5. The average Bonchev–Trinajstić information content (AvgIpc) is 3.11. The van der Waals surface area contributed by atoms with Gasteiger partial charge in [-0.15, -0.1) is 0 Å². The van der Waals surface area contributed by atoms with Crippen LogP contribution in [0.4, 0.5) is 5.69 Å². The maximum Gasteiger partial charge on any atom is 0.0992 e. The van der Waals surface area contributed by atoms with Crippen molar-refractivity contribution in [2.45, 2.75) is 44.2 Å². The number of rotatable bonds is 3. The van der Waals surface area contributed by atoms with Gasteiger partial charge in [-0.2, -0.15) is 5.26 Å².